The molecule has 1 aliphatic heterocycles. The summed E-state index contributed by atoms with van der Waals surface area (Å²) < 4.78 is 21.6. The number of ether oxygens (including phenoxy) is 4. The molecule has 0 saturated carbocycles. The zero-order valence-corrected chi connectivity index (χ0v) is 13.9. The van der Waals surface area contributed by atoms with Gasteiger partial charge in [-0.15, -0.1) is 0 Å². The molecule has 0 radical (unpaired) electrons. The van der Waals surface area contributed by atoms with E-state index in [1.807, 2.05) is 0 Å². The lowest BCUT2D eigenvalue weighted by Crippen LogP contribution is -1.97. The standard InChI is InChI=1S/C18H15ClO5/c1-21-16-12(9-15-17(18(16)22-2)24-10-23-15)5-8-14(20)11-3-6-13(19)7-4-11/h3-9H,10H2,1-2H3. The lowest BCUT2D eigenvalue weighted by Gasteiger charge is -2.12. The van der Waals surface area contributed by atoms with Gasteiger partial charge in [-0.05, 0) is 42.5 Å². The Kier molecular flexibility index (Phi) is 4.62. The number of rotatable bonds is 5. The number of allylic oxidation sites excluding steroid dienone is 1. The smallest absolute Gasteiger partial charge is 0.231 e. The first-order valence-electron chi connectivity index (χ1n) is 7.16. The quantitative estimate of drug-likeness (QED) is 0.605. The van der Waals surface area contributed by atoms with Gasteiger partial charge in [0.05, 0.1) is 14.2 Å². The maximum atomic E-state index is 12.3. The highest BCUT2D eigenvalue weighted by Gasteiger charge is 2.25. The van der Waals surface area contributed by atoms with Crippen molar-refractivity contribution in [1.82, 2.24) is 0 Å². The molecular weight excluding hydrogens is 332 g/mol. The van der Waals surface area contributed by atoms with Crippen LogP contribution in [0.5, 0.6) is 23.0 Å². The Morgan fingerprint density at radius 2 is 1.83 bits per heavy atom. The predicted octanol–water partition coefficient (Wildman–Crippen LogP) is 3.98. The maximum Gasteiger partial charge on any atom is 0.231 e. The minimum absolute atomic E-state index is 0.117. The van der Waals surface area contributed by atoms with Gasteiger partial charge in [0, 0.05) is 16.1 Å². The summed E-state index contributed by atoms with van der Waals surface area (Å²) in [6, 6.07) is 8.44. The van der Waals surface area contributed by atoms with Crippen LogP contribution in [-0.4, -0.2) is 26.8 Å². The van der Waals surface area contributed by atoms with Gasteiger partial charge in [-0.2, -0.15) is 0 Å². The molecule has 0 unspecified atom stereocenters. The molecule has 0 aliphatic carbocycles. The fourth-order valence-corrected chi connectivity index (χ4v) is 2.54. The first-order chi connectivity index (χ1) is 11.6. The second kappa shape index (κ2) is 6.84. The average molecular weight is 347 g/mol. The van der Waals surface area contributed by atoms with Crippen molar-refractivity contribution in [2.45, 2.75) is 0 Å². The molecule has 0 N–H and O–H groups in total. The SMILES string of the molecule is COc1c(C=CC(=O)c2ccc(Cl)cc2)cc2c(c1OC)OCO2. The van der Waals surface area contributed by atoms with E-state index in [2.05, 4.69) is 0 Å². The molecule has 2 aromatic rings. The molecule has 1 aliphatic rings. The minimum Gasteiger partial charge on any atom is -0.492 e. The van der Waals surface area contributed by atoms with E-state index in [1.54, 1.807) is 36.4 Å². The predicted molar refractivity (Wildman–Crippen MR) is 90.5 cm³/mol. The lowest BCUT2D eigenvalue weighted by molar-refractivity contribution is 0.104. The number of hydrogen-bond acceptors (Lipinski definition) is 5. The Labute approximate surface area is 144 Å². The van der Waals surface area contributed by atoms with Gasteiger partial charge in [-0.25, -0.2) is 0 Å². The van der Waals surface area contributed by atoms with Crippen molar-refractivity contribution < 1.29 is 23.7 Å². The summed E-state index contributed by atoms with van der Waals surface area (Å²) in [5.41, 5.74) is 1.20. The zero-order valence-electron chi connectivity index (χ0n) is 13.2. The number of carbonyl (C=O) groups excluding carboxylic acids is 1. The molecular formula is C18H15ClO5. The maximum absolute atomic E-state index is 12.3. The molecule has 0 spiro atoms. The summed E-state index contributed by atoms with van der Waals surface area (Å²) in [6.07, 6.45) is 3.11. The van der Waals surface area contributed by atoms with Gasteiger partial charge < -0.3 is 18.9 Å². The van der Waals surface area contributed by atoms with Gasteiger partial charge in [0.25, 0.3) is 0 Å². The van der Waals surface area contributed by atoms with Crippen LogP contribution in [0.25, 0.3) is 6.08 Å². The van der Waals surface area contributed by atoms with Crippen molar-refractivity contribution in [1.29, 1.82) is 0 Å². The molecule has 0 aromatic heterocycles. The van der Waals surface area contributed by atoms with Crippen molar-refractivity contribution in [3.05, 3.63) is 52.6 Å². The van der Waals surface area contributed by atoms with E-state index in [-0.39, 0.29) is 12.6 Å². The van der Waals surface area contributed by atoms with Gasteiger partial charge in [0.2, 0.25) is 18.3 Å². The Morgan fingerprint density at radius 1 is 1.12 bits per heavy atom. The second-order valence-electron chi connectivity index (χ2n) is 4.97. The Bertz CT molecular complexity index is 796. The summed E-state index contributed by atoms with van der Waals surface area (Å²) in [6.45, 7) is 0.117. The molecule has 6 heteroatoms. The number of methoxy groups -OCH3 is 2. The number of carbonyl (C=O) groups is 1. The largest absolute Gasteiger partial charge is 0.492 e. The third-order valence-electron chi connectivity index (χ3n) is 3.55. The molecule has 3 rings (SSSR count). The topological polar surface area (TPSA) is 54.0 Å². The van der Waals surface area contributed by atoms with Crippen molar-refractivity contribution >= 4 is 23.5 Å². The van der Waals surface area contributed by atoms with Crippen molar-refractivity contribution in [2.75, 3.05) is 21.0 Å². The zero-order chi connectivity index (χ0) is 17.1. The van der Waals surface area contributed by atoms with Gasteiger partial charge in [0.1, 0.15) is 0 Å². The first kappa shape index (κ1) is 16.2. The van der Waals surface area contributed by atoms with Crippen LogP contribution >= 0.6 is 11.6 Å². The fraction of sp³-hybridized carbons (Fsp3) is 0.167. The molecule has 0 fully saturated rings. The highest BCUT2D eigenvalue weighted by atomic mass is 35.5. The van der Waals surface area contributed by atoms with E-state index in [0.29, 0.717) is 39.1 Å². The lowest BCUT2D eigenvalue weighted by atomic mass is 10.1. The monoisotopic (exact) mass is 346 g/mol. The van der Waals surface area contributed by atoms with Crippen LogP contribution in [0.4, 0.5) is 0 Å². The van der Waals surface area contributed by atoms with Gasteiger partial charge >= 0.3 is 0 Å². The molecule has 24 heavy (non-hydrogen) atoms. The van der Waals surface area contributed by atoms with E-state index in [1.165, 1.54) is 20.3 Å². The van der Waals surface area contributed by atoms with Crippen LogP contribution in [-0.2, 0) is 0 Å². The molecule has 0 saturated heterocycles. The summed E-state index contributed by atoms with van der Waals surface area (Å²) in [4.78, 5) is 12.3. The molecule has 0 atom stereocenters. The van der Waals surface area contributed by atoms with E-state index < -0.39 is 0 Å². The van der Waals surface area contributed by atoms with Gasteiger partial charge in [0.15, 0.2) is 17.3 Å². The van der Waals surface area contributed by atoms with Crippen molar-refractivity contribution in [2.24, 2.45) is 0 Å². The van der Waals surface area contributed by atoms with Crippen molar-refractivity contribution in [3.8, 4) is 23.0 Å². The number of benzene rings is 2. The highest BCUT2D eigenvalue weighted by molar-refractivity contribution is 6.30. The van der Waals surface area contributed by atoms with Crippen LogP contribution in [0.1, 0.15) is 15.9 Å². The molecule has 1 heterocycles. The molecule has 124 valence electrons. The van der Waals surface area contributed by atoms with Gasteiger partial charge in [-0.1, -0.05) is 11.6 Å². The van der Waals surface area contributed by atoms with Crippen LogP contribution in [0.3, 0.4) is 0 Å². The summed E-state index contributed by atoms with van der Waals surface area (Å²) in [5, 5.41) is 0.581. The summed E-state index contributed by atoms with van der Waals surface area (Å²) in [5.74, 6) is 1.81. The van der Waals surface area contributed by atoms with Crippen LogP contribution in [0, 0.1) is 0 Å². The van der Waals surface area contributed by atoms with Crippen LogP contribution in [0.15, 0.2) is 36.4 Å². The number of halogens is 1. The second-order valence-corrected chi connectivity index (χ2v) is 5.41. The fourth-order valence-electron chi connectivity index (χ4n) is 2.41. The minimum atomic E-state index is -0.148. The number of ketones is 1. The third-order valence-corrected chi connectivity index (χ3v) is 3.81. The Balaban J connectivity index is 1.94. The van der Waals surface area contributed by atoms with Crippen LogP contribution < -0.4 is 18.9 Å². The molecule has 0 bridgehead atoms. The van der Waals surface area contributed by atoms with Crippen LogP contribution in [0.2, 0.25) is 5.02 Å². The Morgan fingerprint density at radius 3 is 2.50 bits per heavy atom. The Hall–Kier alpha value is -2.66. The third kappa shape index (κ3) is 3.03. The van der Waals surface area contributed by atoms with E-state index in [0.717, 1.165) is 0 Å². The van der Waals surface area contributed by atoms with E-state index >= 15 is 0 Å². The first-order valence-corrected chi connectivity index (χ1v) is 7.54. The van der Waals surface area contributed by atoms with E-state index in [9.17, 15) is 4.79 Å². The van der Waals surface area contributed by atoms with E-state index in [4.69, 9.17) is 30.5 Å². The van der Waals surface area contributed by atoms with Crippen molar-refractivity contribution in [3.63, 3.8) is 0 Å². The summed E-state index contributed by atoms with van der Waals surface area (Å²) in [7, 11) is 3.05. The molecule has 2 aromatic carbocycles. The van der Waals surface area contributed by atoms with Gasteiger partial charge in [-0.3, -0.25) is 4.79 Å². The number of fused-ring (bicyclic) bond motifs is 1. The highest BCUT2D eigenvalue weighted by Crippen LogP contribution is 2.49. The average Bonchev–Trinajstić information content (AvgIpc) is 3.06. The number of hydrogen-bond donors (Lipinski definition) is 0. The summed E-state index contributed by atoms with van der Waals surface area (Å²) >= 11 is 5.83. The molecule has 0 amide bonds. The normalized spacial score (nSPS) is 12.5. The molecule has 5 nitrogen and oxygen atoms in total.